The predicted octanol–water partition coefficient (Wildman–Crippen LogP) is 4.89. The molecule has 1 aromatic heterocycles. The monoisotopic (exact) mass is 281 g/mol. The Labute approximate surface area is 111 Å². The Balaban J connectivity index is 2.22. The van der Waals surface area contributed by atoms with Crippen molar-refractivity contribution < 1.29 is 8.78 Å². The number of nitrogens with zero attached hydrogens (tertiary/aromatic N) is 1. The van der Waals surface area contributed by atoms with Crippen molar-refractivity contribution >= 4 is 33.2 Å². The van der Waals surface area contributed by atoms with Crippen molar-refractivity contribution in [1.29, 1.82) is 0 Å². The molecule has 0 aliphatic rings. The number of benzene rings is 2. The highest BCUT2D eigenvalue weighted by molar-refractivity contribution is 7.21. The van der Waals surface area contributed by atoms with E-state index in [4.69, 9.17) is 11.6 Å². The SMILES string of the molecule is Fc1cc(Cl)c(-c2nc3ccccc3s2)cc1F. The van der Waals surface area contributed by atoms with Gasteiger partial charge in [0.1, 0.15) is 5.01 Å². The van der Waals surface area contributed by atoms with E-state index in [-0.39, 0.29) is 5.02 Å². The molecule has 0 unspecified atom stereocenters. The molecule has 0 saturated heterocycles. The Morgan fingerprint density at radius 1 is 1.06 bits per heavy atom. The van der Waals surface area contributed by atoms with Crippen LogP contribution in [0.3, 0.4) is 0 Å². The Morgan fingerprint density at radius 3 is 2.56 bits per heavy atom. The molecule has 0 amide bonds. The lowest BCUT2D eigenvalue weighted by Gasteiger charge is -2.01. The zero-order valence-corrected chi connectivity index (χ0v) is 10.5. The van der Waals surface area contributed by atoms with Crippen LogP contribution in [0.1, 0.15) is 0 Å². The third-order valence-electron chi connectivity index (χ3n) is 2.53. The van der Waals surface area contributed by atoms with E-state index < -0.39 is 11.6 Å². The van der Waals surface area contributed by atoms with Crippen LogP contribution in [0, 0.1) is 11.6 Å². The van der Waals surface area contributed by atoms with E-state index in [0.29, 0.717) is 10.6 Å². The van der Waals surface area contributed by atoms with Crippen LogP contribution in [0.5, 0.6) is 0 Å². The Morgan fingerprint density at radius 2 is 1.78 bits per heavy atom. The van der Waals surface area contributed by atoms with Crippen molar-refractivity contribution in [2.45, 2.75) is 0 Å². The molecule has 3 aromatic rings. The summed E-state index contributed by atoms with van der Waals surface area (Å²) in [5.41, 5.74) is 1.23. The van der Waals surface area contributed by atoms with Crippen LogP contribution in [-0.2, 0) is 0 Å². The van der Waals surface area contributed by atoms with Gasteiger partial charge in [0.15, 0.2) is 11.6 Å². The molecule has 0 bridgehead atoms. The van der Waals surface area contributed by atoms with Crippen LogP contribution in [0.25, 0.3) is 20.8 Å². The van der Waals surface area contributed by atoms with Crippen LogP contribution in [0.4, 0.5) is 8.78 Å². The highest BCUT2D eigenvalue weighted by Crippen LogP contribution is 2.35. The van der Waals surface area contributed by atoms with Gasteiger partial charge in [-0.3, -0.25) is 0 Å². The topological polar surface area (TPSA) is 12.9 Å². The molecule has 0 aliphatic carbocycles. The number of hydrogen-bond acceptors (Lipinski definition) is 2. The summed E-state index contributed by atoms with van der Waals surface area (Å²) in [7, 11) is 0. The molecule has 0 atom stereocenters. The molecule has 0 saturated carbocycles. The summed E-state index contributed by atoms with van der Waals surface area (Å²) < 4.78 is 27.2. The third-order valence-corrected chi connectivity index (χ3v) is 3.92. The van der Waals surface area contributed by atoms with Gasteiger partial charge >= 0.3 is 0 Å². The second-order valence-corrected chi connectivity index (χ2v) is 5.17. The molecule has 0 aliphatic heterocycles. The highest BCUT2D eigenvalue weighted by atomic mass is 35.5. The second-order valence-electron chi connectivity index (χ2n) is 3.73. The molecule has 18 heavy (non-hydrogen) atoms. The molecular formula is C13H6ClF2NS. The van der Waals surface area contributed by atoms with Gasteiger partial charge < -0.3 is 0 Å². The van der Waals surface area contributed by atoms with Gasteiger partial charge in [0.05, 0.1) is 15.2 Å². The van der Waals surface area contributed by atoms with E-state index in [1.54, 1.807) is 0 Å². The van der Waals surface area contributed by atoms with Crippen molar-refractivity contribution in [1.82, 2.24) is 4.98 Å². The molecule has 90 valence electrons. The normalized spacial score (nSPS) is 11.1. The first-order chi connectivity index (χ1) is 8.65. The zero-order valence-electron chi connectivity index (χ0n) is 8.95. The summed E-state index contributed by atoms with van der Waals surface area (Å²) in [4.78, 5) is 4.36. The van der Waals surface area contributed by atoms with Crippen molar-refractivity contribution in [3.63, 3.8) is 0 Å². The van der Waals surface area contributed by atoms with E-state index in [1.165, 1.54) is 11.3 Å². The van der Waals surface area contributed by atoms with Gasteiger partial charge in [0.25, 0.3) is 0 Å². The minimum Gasteiger partial charge on any atom is -0.236 e. The summed E-state index contributed by atoms with van der Waals surface area (Å²) in [5.74, 6) is -1.88. The average molecular weight is 282 g/mol. The van der Waals surface area contributed by atoms with Crippen molar-refractivity contribution in [3.8, 4) is 10.6 Å². The molecule has 0 N–H and O–H groups in total. The fourth-order valence-corrected chi connectivity index (χ4v) is 2.97. The predicted molar refractivity (Wildman–Crippen MR) is 70.0 cm³/mol. The van der Waals surface area contributed by atoms with Crippen LogP contribution in [0.2, 0.25) is 5.02 Å². The first-order valence-electron chi connectivity index (χ1n) is 5.15. The van der Waals surface area contributed by atoms with E-state index in [2.05, 4.69) is 4.98 Å². The molecule has 5 heteroatoms. The van der Waals surface area contributed by atoms with E-state index >= 15 is 0 Å². The van der Waals surface area contributed by atoms with Crippen LogP contribution >= 0.6 is 22.9 Å². The van der Waals surface area contributed by atoms with Crippen molar-refractivity contribution in [2.75, 3.05) is 0 Å². The van der Waals surface area contributed by atoms with Crippen LogP contribution in [-0.4, -0.2) is 4.98 Å². The third kappa shape index (κ3) is 1.87. The molecule has 1 heterocycles. The first kappa shape index (κ1) is 11.6. The second kappa shape index (κ2) is 4.30. The maximum absolute atomic E-state index is 13.2. The van der Waals surface area contributed by atoms with Gasteiger partial charge in [0, 0.05) is 5.56 Å². The van der Waals surface area contributed by atoms with Crippen LogP contribution < -0.4 is 0 Å². The number of rotatable bonds is 1. The van der Waals surface area contributed by atoms with Gasteiger partial charge in [-0.1, -0.05) is 23.7 Å². The molecule has 0 fully saturated rings. The van der Waals surface area contributed by atoms with E-state index in [9.17, 15) is 8.78 Å². The number of aromatic nitrogens is 1. The average Bonchev–Trinajstić information content (AvgIpc) is 2.77. The quantitative estimate of drug-likeness (QED) is 0.578. The highest BCUT2D eigenvalue weighted by Gasteiger charge is 2.13. The van der Waals surface area contributed by atoms with Crippen LogP contribution in [0.15, 0.2) is 36.4 Å². The van der Waals surface area contributed by atoms with Gasteiger partial charge in [-0.15, -0.1) is 11.3 Å². The minimum absolute atomic E-state index is 0.160. The molecule has 0 radical (unpaired) electrons. The summed E-state index contributed by atoms with van der Waals surface area (Å²) >= 11 is 7.32. The summed E-state index contributed by atoms with van der Waals surface area (Å²) in [6.45, 7) is 0. The Bertz CT molecular complexity index is 706. The maximum atomic E-state index is 13.2. The summed E-state index contributed by atoms with van der Waals surface area (Å²) in [6.07, 6.45) is 0. The number of fused-ring (bicyclic) bond motifs is 1. The number of hydrogen-bond donors (Lipinski definition) is 0. The molecule has 3 rings (SSSR count). The Kier molecular flexibility index (Phi) is 2.76. The minimum atomic E-state index is -0.954. The van der Waals surface area contributed by atoms with Crippen molar-refractivity contribution in [2.24, 2.45) is 0 Å². The summed E-state index contributed by atoms with van der Waals surface area (Å²) in [6, 6.07) is 9.61. The lowest BCUT2D eigenvalue weighted by Crippen LogP contribution is -1.87. The Hall–Kier alpha value is -1.52. The maximum Gasteiger partial charge on any atom is 0.160 e. The largest absolute Gasteiger partial charge is 0.236 e. The molecule has 1 nitrogen and oxygen atoms in total. The lowest BCUT2D eigenvalue weighted by atomic mass is 10.2. The lowest BCUT2D eigenvalue weighted by molar-refractivity contribution is 0.509. The van der Waals surface area contributed by atoms with Crippen molar-refractivity contribution in [3.05, 3.63) is 53.1 Å². The van der Waals surface area contributed by atoms with Gasteiger partial charge in [-0.2, -0.15) is 0 Å². The number of thiazole rings is 1. The first-order valence-corrected chi connectivity index (χ1v) is 6.35. The molecule has 2 aromatic carbocycles. The smallest absolute Gasteiger partial charge is 0.160 e. The molecule has 0 spiro atoms. The van der Waals surface area contributed by atoms with Gasteiger partial charge in [0.2, 0.25) is 0 Å². The fourth-order valence-electron chi connectivity index (χ4n) is 1.67. The van der Waals surface area contributed by atoms with Gasteiger partial charge in [-0.05, 0) is 24.3 Å². The van der Waals surface area contributed by atoms with Gasteiger partial charge in [-0.25, -0.2) is 13.8 Å². The number of para-hydroxylation sites is 1. The fraction of sp³-hybridized carbons (Fsp3) is 0. The van der Waals surface area contributed by atoms with E-state index in [0.717, 1.165) is 22.3 Å². The zero-order chi connectivity index (χ0) is 12.7. The standard InChI is InChI=1S/C13H6ClF2NS/c14-8-6-10(16)9(15)5-7(8)13-17-11-3-1-2-4-12(11)18-13/h1-6H. The van der Waals surface area contributed by atoms with E-state index in [1.807, 2.05) is 24.3 Å². The summed E-state index contributed by atoms with van der Waals surface area (Å²) in [5, 5.41) is 0.744. The molecular weight excluding hydrogens is 276 g/mol. The number of halogens is 3.